The van der Waals surface area contributed by atoms with Crippen molar-refractivity contribution >= 4 is 5.91 Å². The molecular weight excluding hydrogens is 252 g/mol. The van der Waals surface area contributed by atoms with Gasteiger partial charge in [0.05, 0.1) is 18.6 Å². The molecule has 106 valence electrons. The van der Waals surface area contributed by atoms with Crippen molar-refractivity contribution in [3.63, 3.8) is 0 Å². The van der Waals surface area contributed by atoms with Gasteiger partial charge in [-0.25, -0.2) is 0 Å². The Bertz CT molecular complexity index is 552. The van der Waals surface area contributed by atoms with E-state index in [0.29, 0.717) is 18.7 Å². The minimum Gasteiger partial charge on any atom is -0.496 e. The zero-order valence-electron chi connectivity index (χ0n) is 12.3. The molecule has 2 rings (SSSR count). The molecule has 1 aliphatic heterocycles. The summed E-state index contributed by atoms with van der Waals surface area (Å²) in [5.74, 6) is 0.748. The number of carbonyl (C=O) groups excluding carboxylic acids is 1. The molecule has 1 saturated heterocycles. The SMILES string of the molecule is COc1cc(C(=O)N2CCC(C)(C#N)CC2)ccc1C. The van der Waals surface area contributed by atoms with Crippen LogP contribution in [0.3, 0.4) is 0 Å². The molecule has 4 heteroatoms. The van der Waals surface area contributed by atoms with Crippen molar-refractivity contribution in [2.45, 2.75) is 26.7 Å². The number of aryl methyl sites for hydroxylation is 1. The van der Waals surface area contributed by atoms with E-state index in [-0.39, 0.29) is 11.3 Å². The van der Waals surface area contributed by atoms with Crippen LogP contribution in [0.2, 0.25) is 0 Å². The molecule has 0 bridgehead atoms. The number of hydrogen-bond donors (Lipinski definition) is 0. The average molecular weight is 272 g/mol. The van der Waals surface area contributed by atoms with Gasteiger partial charge in [0.1, 0.15) is 5.75 Å². The Morgan fingerprint density at radius 2 is 2.05 bits per heavy atom. The van der Waals surface area contributed by atoms with E-state index in [0.717, 1.165) is 24.2 Å². The predicted molar refractivity (Wildman–Crippen MR) is 76.6 cm³/mol. The van der Waals surface area contributed by atoms with E-state index in [1.807, 2.05) is 30.9 Å². The number of nitriles is 1. The van der Waals surface area contributed by atoms with Crippen LogP contribution in [0.15, 0.2) is 18.2 Å². The fourth-order valence-electron chi connectivity index (χ4n) is 2.45. The first-order chi connectivity index (χ1) is 9.49. The van der Waals surface area contributed by atoms with Gasteiger partial charge in [-0.05, 0) is 44.4 Å². The highest BCUT2D eigenvalue weighted by atomic mass is 16.5. The van der Waals surface area contributed by atoms with Crippen molar-refractivity contribution < 1.29 is 9.53 Å². The van der Waals surface area contributed by atoms with Crippen LogP contribution in [0.4, 0.5) is 0 Å². The van der Waals surface area contributed by atoms with Crippen molar-refractivity contribution in [2.24, 2.45) is 5.41 Å². The predicted octanol–water partition coefficient (Wildman–Crippen LogP) is 2.77. The number of piperidine rings is 1. The second kappa shape index (κ2) is 5.54. The summed E-state index contributed by atoms with van der Waals surface area (Å²) in [5, 5.41) is 9.12. The molecule has 20 heavy (non-hydrogen) atoms. The van der Waals surface area contributed by atoms with Gasteiger partial charge in [0.15, 0.2) is 0 Å². The number of benzene rings is 1. The van der Waals surface area contributed by atoms with Crippen LogP contribution in [0.5, 0.6) is 5.75 Å². The average Bonchev–Trinajstić information content (AvgIpc) is 2.48. The van der Waals surface area contributed by atoms with Crippen LogP contribution in [-0.2, 0) is 0 Å². The zero-order valence-corrected chi connectivity index (χ0v) is 12.3. The molecule has 1 aromatic rings. The van der Waals surface area contributed by atoms with Crippen molar-refractivity contribution in [3.8, 4) is 11.8 Å². The van der Waals surface area contributed by atoms with Crippen LogP contribution in [0, 0.1) is 23.7 Å². The van der Waals surface area contributed by atoms with Crippen LogP contribution in [0.25, 0.3) is 0 Å². The molecule has 0 aromatic heterocycles. The lowest BCUT2D eigenvalue weighted by molar-refractivity contribution is 0.0661. The highest BCUT2D eigenvalue weighted by Crippen LogP contribution is 2.30. The summed E-state index contributed by atoms with van der Waals surface area (Å²) in [4.78, 5) is 14.3. The lowest BCUT2D eigenvalue weighted by Gasteiger charge is -2.35. The number of amides is 1. The molecule has 4 nitrogen and oxygen atoms in total. The second-order valence-corrected chi connectivity index (χ2v) is 5.65. The normalized spacial score (nSPS) is 17.4. The minimum absolute atomic E-state index is 0.0169. The molecular formula is C16H20N2O2. The van der Waals surface area contributed by atoms with E-state index in [1.165, 1.54) is 0 Å². The molecule has 1 heterocycles. The summed E-state index contributed by atoms with van der Waals surface area (Å²) in [6.45, 7) is 5.19. The third kappa shape index (κ3) is 2.77. The molecule has 1 fully saturated rings. The molecule has 1 amide bonds. The topological polar surface area (TPSA) is 53.3 Å². The Hall–Kier alpha value is -2.02. The summed E-state index contributed by atoms with van der Waals surface area (Å²) >= 11 is 0. The van der Waals surface area contributed by atoms with Gasteiger partial charge in [0.25, 0.3) is 5.91 Å². The largest absolute Gasteiger partial charge is 0.496 e. The Kier molecular flexibility index (Phi) is 3.99. The van der Waals surface area contributed by atoms with Crippen LogP contribution >= 0.6 is 0 Å². The molecule has 0 N–H and O–H groups in total. The third-order valence-corrected chi connectivity index (χ3v) is 4.08. The van der Waals surface area contributed by atoms with Gasteiger partial charge < -0.3 is 9.64 Å². The van der Waals surface area contributed by atoms with Gasteiger partial charge in [0, 0.05) is 18.7 Å². The molecule has 1 aliphatic rings. The maximum absolute atomic E-state index is 12.5. The lowest BCUT2D eigenvalue weighted by atomic mass is 9.82. The summed E-state index contributed by atoms with van der Waals surface area (Å²) in [5.41, 5.74) is 1.37. The maximum atomic E-state index is 12.5. The molecule has 0 spiro atoms. The van der Waals surface area contributed by atoms with Crippen LogP contribution in [0.1, 0.15) is 35.7 Å². The van der Waals surface area contributed by atoms with Crippen LogP contribution < -0.4 is 4.74 Å². The highest BCUT2D eigenvalue weighted by molar-refractivity contribution is 5.94. The summed E-state index contributed by atoms with van der Waals surface area (Å²) in [6.07, 6.45) is 1.47. The van der Waals surface area contributed by atoms with E-state index >= 15 is 0 Å². The number of methoxy groups -OCH3 is 1. The van der Waals surface area contributed by atoms with Crippen molar-refractivity contribution in [3.05, 3.63) is 29.3 Å². The molecule has 1 aromatic carbocycles. The molecule has 0 aliphatic carbocycles. The first-order valence-corrected chi connectivity index (χ1v) is 6.84. The fraction of sp³-hybridized carbons (Fsp3) is 0.500. The first kappa shape index (κ1) is 14.4. The number of hydrogen-bond acceptors (Lipinski definition) is 3. The van der Waals surface area contributed by atoms with Crippen molar-refractivity contribution in [1.29, 1.82) is 5.26 Å². The number of nitrogens with zero attached hydrogens (tertiary/aromatic N) is 2. The standard InChI is InChI=1S/C16H20N2O2/c1-12-4-5-13(10-14(12)20-3)15(19)18-8-6-16(2,11-17)7-9-18/h4-5,10H,6-9H2,1-3H3. The summed E-state index contributed by atoms with van der Waals surface area (Å²) in [7, 11) is 1.61. The molecule has 0 atom stereocenters. The smallest absolute Gasteiger partial charge is 0.253 e. The van der Waals surface area contributed by atoms with E-state index < -0.39 is 0 Å². The lowest BCUT2D eigenvalue weighted by Crippen LogP contribution is -2.41. The minimum atomic E-state index is -0.290. The van der Waals surface area contributed by atoms with E-state index in [1.54, 1.807) is 13.2 Å². The Morgan fingerprint density at radius 1 is 1.40 bits per heavy atom. The van der Waals surface area contributed by atoms with Gasteiger partial charge in [-0.2, -0.15) is 5.26 Å². The van der Waals surface area contributed by atoms with E-state index in [4.69, 9.17) is 10.00 Å². The van der Waals surface area contributed by atoms with Gasteiger partial charge in [-0.15, -0.1) is 0 Å². The first-order valence-electron chi connectivity index (χ1n) is 6.84. The zero-order chi connectivity index (χ0) is 14.8. The van der Waals surface area contributed by atoms with E-state index in [2.05, 4.69) is 6.07 Å². The van der Waals surface area contributed by atoms with Crippen molar-refractivity contribution in [1.82, 2.24) is 4.90 Å². The van der Waals surface area contributed by atoms with Gasteiger partial charge in [-0.1, -0.05) is 6.07 Å². The van der Waals surface area contributed by atoms with E-state index in [9.17, 15) is 4.79 Å². The fourth-order valence-corrected chi connectivity index (χ4v) is 2.45. The summed E-state index contributed by atoms with van der Waals surface area (Å²) < 4.78 is 5.26. The van der Waals surface area contributed by atoms with Gasteiger partial charge in [0.2, 0.25) is 0 Å². The monoisotopic (exact) mass is 272 g/mol. The highest BCUT2D eigenvalue weighted by Gasteiger charge is 2.32. The molecule has 0 unspecified atom stereocenters. The maximum Gasteiger partial charge on any atom is 0.253 e. The van der Waals surface area contributed by atoms with Crippen LogP contribution in [-0.4, -0.2) is 31.0 Å². The molecule has 0 radical (unpaired) electrons. The van der Waals surface area contributed by atoms with Gasteiger partial charge in [-0.3, -0.25) is 4.79 Å². The second-order valence-electron chi connectivity index (χ2n) is 5.65. The third-order valence-electron chi connectivity index (χ3n) is 4.08. The Morgan fingerprint density at radius 3 is 2.60 bits per heavy atom. The molecule has 0 saturated carbocycles. The number of likely N-dealkylation sites (tertiary alicyclic amines) is 1. The Labute approximate surface area is 120 Å². The van der Waals surface area contributed by atoms with Crippen molar-refractivity contribution in [2.75, 3.05) is 20.2 Å². The van der Waals surface area contributed by atoms with Gasteiger partial charge >= 0.3 is 0 Å². The number of rotatable bonds is 2. The number of carbonyl (C=O) groups is 1. The number of ether oxygens (including phenoxy) is 1. The Balaban J connectivity index is 2.12. The summed E-state index contributed by atoms with van der Waals surface area (Å²) in [6, 6.07) is 7.86. The quantitative estimate of drug-likeness (QED) is 0.831.